The number of carboxylic acids is 1. The van der Waals surface area contributed by atoms with Gasteiger partial charge in [-0.15, -0.1) is 0 Å². The normalized spacial score (nSPS) is 15.9. The standard InChI is InChI=1S/C16H20N2O2/c1-12-2-4-14(11-17)15(10-12)18-8-6-13(7-9-18)3-5-16(19)20/h2,4,10,13H,3,5-9H2,1H3,(H,19,20). The first kappa shape index (κ1) is 14.4. The van der Waals surface area contributed by atoms with Crippen molar-refractivity contribution in [2.24, 2.45) is 5.92 Å². The highest BCUT2D eigenvalue weighted by Gasteiger charge is 2.21. The molecule has 1 aromatic rings. The molecule has 2 rings (SSSR count). The van der Waals surface area contributed by atoms with Gasteiger partial charge in [0.05, 0.1) is 11.3 Å². The van der Waals surface area contributed by atoms with E-state index in [9.17, 15) is 10.1 Å². The summed E-state index contributed by atoms with van der Waals surface area (Å²) < 4.78 is 0. The Bertz CT molecular complexity index is 526. The number of nitriles is 1. The van der Waals surface area contributed by atoms with Crippen LogP contribution in [-0.2, 0) is 4.79 Å². The molecule has 0 amide bonds. The highest BCUT2D eigenvalue weighted by molar-refractivity contribution is 5.66. The minimum Gasteiger partial charge on any atom is -0.481 e. The van der Waals surface area contributed by atoms with Gasteiger partial charge in [-0.1, -0.05) is 6.07 Å². The van der Waals surface area contributed by atoms with Crippen LogP contribution < -0.4 is 4.90 Å². The van der Waals surface area contributed by atoms with E-state index >= 15 is 0 Å². The van der Waals surface area contributed by atoms with Crippen LogP contribution in [0.3, 0.4) is 0 Å². The lowest BCUT2D eigenvalue weighted by Gasteiger charge is -2.34. The molecule has 1 aromatic carbocycles. The van der Waals surface area contributed by atoms with Gasteiger partial charge >= 0.3 is 5.97 Å². The van der Waals surface area contributed by atoms with E-state index in [-0.39, 0.29) is 6.42 Å². The SMILES string of the molecule is Cc1ccc(C#N)c(N2CCC(CCC(=O)O)CC2)c1. The molecule has 1 saturated heterocycles. The second kappa shape index (κ2) is 6.42. The summed E-state index contributed by atoms with van der Waals surface area (Å²) in [7, 11) is 0. The zero-order valence-electron chi connectivity index (χ0n) is 11.8. The Morgan fingerprint density at radius 2 is 2.15 bits per heavy atom. The number of nitrogens with zero attached hydrogens (tertiary/aromatic N) is 2. The summed E-state index contributed by atoms with van der Waals surface area (Å²) in [5.41, 5.74) is 2.90. The number of rotatable bonds is 4. The number of carboxylic acid groups (broad SMARTS) is 1. The Morgan fingerprint density at radius 3 is 2.75 bits per heavy atom. The van der Waals surface area contributed by atoms with Gasteiger partial charge in [-0.2, -0.15) is 5.26 Å². The second-order valence-electron chi connectivity index (χ2n) is 5.50. The smallest absolute Gasteiger partial charge is 0.303 e. The summed E-state index contributed by atoms with van der Waals surface area (Å²) in [6, 6.07) is 8.15. The Labute approximate surface area is 119 Å². The minimum atomic E-state index is -0.710. The van der Waals surface area contributed by atoms with Crippen LogP contribution in [0.1, 0.15) is 36.8 Å². The molecule has 1 aliphatic heterocycles. The van der Waals surface area contributed by atoms with Gasteiger partial charge in [-0.05, 0) is 49.8 Å². The Hall–Kier alpha value is -2.02. The van der Waals surface area contributed by atoms with Gasteiger partial charge in [0.25, 0.3) is 0 Å². The number of hydrogen-bond acceptors (Lipinski definition) is 3. The van der Waals surface area contributed by atoms with Crippen LogP contribution in [0.5, 0.6) is 0 Å². The summed E-state index contributed by atoms with van der Waals surface area (Å²) in [5.74, 6) is -0.212. The van der Waals surface area contributed by atoms with Gasteiger partial charge in [0.1, 0.15) is 6.07 Å². The van der Waals surface area contributed by atoms with Crippen molar-refractivity contribution in [3.05, 3.63) is 29.3 Å². The third-order valence-electron chi connectivity index (χ3n) is 4.00. The molecule has 4 nitrogen and oxygen atoms in total. The summed E-state index contributed by atoms with van der Waals surface area (Å²) in [4.78, 5) is 12.9. The monoisotopic (exact) mass is 272 g/mol. The summed E-state index contributed by atoms with van der Waals surface area (Å²) in [5, 5.41) is 17.9. The van der Waals surface area contributed by atoms with E-state index in [4.69, 9.17) is 5.11 Å². The highest BCUT2D eigenvalue weighted by Crippen LogP contribution is 2.28. The molecule has 0 saturated carbocycles. The van der Waals surface area contributed by atoms with Crippen molar-refractivity contribution in [2.75, 3.05) is 18.0 Å². The molecular formula is C16H20N2O2. The summed E-state index contributed by atoms with van der Waals surface area (Å²) in [6.45, 7) is 3.84. The summed E-state index contributed by atoms with van der Waals surface area (Å²) >= 11 is 0. The molecule has 1 heterocycles. The fourth-order valence-corrected chi connectivity index (χ4v) is 2.79. The van der Waals surface area contributed by atoms with E-state index in [2.05, 4.69) is 17.0 Å². The van der Waals surface area contributed by atoms with Gasteiger partial charge in [0, 0.05) is 19.5 Å². The molecule has 0 aliphatic carbocycles. The fourth-order valence-electron chi connectivity index (χ4n) is 2.79. The number of piperidine rings is 1. The molecule has 0 atom stereocenters. The van der Waals surface area contributed by atoms with Crippen LogP contribution in [-0.4, -0.2) is 24.2 Å². The quantitative estimate of drug-likeness (QED) is 0.915. The van der Waals surface area contributed by atoms with Gasteiger partial charge < -0.3 is 10.0 Å². The van der Waals surface area contributed by atoms with Gasteiger partial charge in [-0.25, -0.2) is 0 Å². The molecular weight excluding hydrogens is 252 g/mol. The van der Waals surface area contributed by atoms with Crippen LogP contribution in [0.2, 0.25) is 0 Å². The van der Waals surface area contributed by atoms with Crippen molar-refractivity contribution in [1.82, 2.24) is 0 Å². The molecule has 4 heteroatoms. The maximum absolute atomic E-state index is 10.6. The van der Waals surface area contributed by atoms with Crippen molar-refractivity contribution in [2.45, 2.75) is 32.6 Å². The van der Waals surface area contributed by atoms with Gasteiger partial charge in [0.2, 0.25) is 0 Å². The zero-order chi connectivity index (χ0) is 14.5. The third-order valence-corrected chi connectivity index (χ3v) is 4.00. The first-order chi connectivity index (χ1) is 9.60. The molecule has 0 radical (unpaired) electrons. The molecule has 20 heavy (non-hydrogen) atoms. The highest BCUT2D eigenvalue weighted by atomic mass is 16.4. The molecule has 1 fully saturated rings. The molecule has 0 unspecified atom stereocenters. The van der Waals surface area contributed by atoms with E-state index in [0.717, 1.165) is 49.2 Å². The second-order valence-corrected chi connectivity index (χ2v) is 5.50. The molecule has 106 valence electrons. The Kier molecular flexibility index (Phi) is 4.62. The zero-order valence-corrected chi connectivity index (χ0v) is 11.8. The van der Waals surface area contributed by atoms with Gasteiger partial charge in [0.15, 0.2) is 0 Å². The predicted octanol–water partition coefficient (Wildman–Crippen LogP) is 2.95. The number of hydrogen-bond donors (Lipinski definition) is 1. The lowest BCUT2D eigenvalue weighted by molar-refractivity contribution is -0.137. The van der Waals surface area contributed by atoms with Gasteiger partial charge in [-0.3, -0.25) is 4.79 Å². The number of aryl methyl sites for hydroxylation is 1. The van der Waals surface area contributed by atoms with E-state index in [1.165, 1.54) is 0 Å². The maximum atomic E-state index is 10.6. The number of aliphatic carboxylic acids is 1. The van der Waals surface area contributed by atoms with Crippen molar-refractivity contribution in [3.8, 4) is 6.07 Å². The van der Waals surface area contributed by atoms with Crippen LogP contribution in [0.4, 0.5) is 5.69 Å². The number of carbonyl (C=O) groups is 1. The first-order valence-corrected chi connectivity index (χ1v) is 7.07. The molecule has 0 bridgehead atoms. The van der Waals surface area contributed by atoms with E-state index < -0.39 is 5.97 Å². The number of benzene rings is 1. The predicted molar refractivity (Wildman–Crippen MR) is 77.7 cm³/mol. The van der Waals surface area contributed by atoms with Crippen LogP contribution >= 0.6 is 0 Å². The van der Waals surface area contributed by atoms with Crippen LogP contribution in [0, 0.1) is 24.2 Å². The Balaban J connectivity index is 1.99. The molecule has 1 aliphatic rings. The van der Waals surface area contributed by atoms with Crippen molar-refractivity contribution in [1.29, 1.82) is 5.26 Å². The maximum Gasteiger partial charge on any atom is 0.303 e. The van der Waals surface area contributed by atoms with E-state index in [0.29, 0.717) is 5.92 Å². The fraction of sp³-hybridized carbons (Fsp3) is 0.500. The van der Waals surface area contributed by atoms with Crippen molar-refractivity contribution >= 4 is 11.7 Å². The van der Waals surface area contributed by atoms with Crippen LogP contribution in [0.15, 0.2) is 18.2 Å². The third kappa shape index (κ3) is 3.51. The minimum absolute atomic E-state index is 0.262. The first-order valence-electron chi connectivity index (χ1n) is 7.07. The van der Waals surface area contributed by atoms with Crippen molar-refractivity contribution in [3.63, 3.8) is 0 Å². The summed E-state index contributed by atoms with van der Waals surface area (Å²) in [6.07, 6.45) is 3.04. The molecule has 0 aromatic heterocycles. The average Bonchev–Trinajstić information content (AvgIpc) is 2.45. The largest absolute Gasteiger partial charge is 0.481 e. The van der Waals surface area contributed by atoms with E-state index in [1.54, 1.807) is 0 Å². The topological polar surface area (TPSA) is 64.3 Å². The number of anilines is 1. The van der Waals surface area contributed by atoms with Crippen LogP contribution in [0.25, 0.3) is 0 Å². The Morgan fingerprint density at radius 1 is 1.45 bits per heavy atom. The van der Waals surface area contributed by atoms with E-state index in [1.807, 2.05) is 19.1 Å². The lowest BCUT2D eigenvalue weighted by Crippen LogP contribution is -2.34. The molecule has 1 N–H and O–H groups in total. The molecule has 0 spiro atoms. The lowest BCUT2D eigenvalue weighted by atomic mass is 9.91. The average molecular weight is 272 g/mol. The van der Waals surface area contributed by atoms with Crippen molar-refractivity contribution < 1.29 is 9.90 Å².